The highest BCUT2D eigenvalue weighted by molar-refractivity contribution is 5.90. The second kappa shape index (κ2) is 9.74. The zero-order valence-corrected chi connectivity index (χ0v) is 18.2. The number of hydrogen-bond acceptors (Lipinski definition) is 5. The molecule has 0 spiro atoms. The molecular weight excluding hydrogens is 398 g/mol. The average molecular weight is 428 g/mol. The van der Waals surface area contributed by atoms with E-state index in [1.807, 2.05) is 39.0 Å². The number of aryl methyl sites for hydroxylation is 3. The lowest BCUT2D eigenvalue weighted by Gasteiger charge is -2.13. The number of benzene rings is 1. The van der Waals surface area contributed by atoms with Crippen LogP contribution in [0.5, 0.6) is 0 Å². The number of aromatic nitrogens is 4. The van der Waals surface area contributed by atoms with Crippen molar-refractivity contribution in [2.75, 3.05) is 5.32 Å². The van der Waals surface area contributed by atoms with Crippen LogP contribution in [0.1, 0.15) is 44.5 Å². The summed E-state index contributed by atoms with van der Waals surface area (Å²) < 4.78 is 4.04. The number of carbonyl (C=O) groups excluding carboxylic acids is 1. The molecule has 0 bridgehead atoms. The fourth-order valence-electron chi connectivity index (χ4n) is 3.64. The Labute approximate surface area is 180 Å². The Hall–Kier alpha value is -3.20. The van der Waals surface area contributed by atoms with Gasteiger partial charge in [-0.2, -0.15) is 0 Å². The van der Waals surface area contributed by atoms with Gasteiger partial charge in [-0.15, -0.1) is 0 Å². The monoisotopic (exact) mass is 427 g/mol. The molecule has 2 N–H and O–H groups in total. The van der Waals surface area contributed by atoms with Crippen LogP contribution in [0.2, 0.25) is 0 Å². The van der Waals surface area contributed by atoms with Gasteiger partial charge in [0.2, 0.25) is 5.91 Å². The molecule has 9 heteroatoms. The SMILES string of the molecule is CCCCn1c(=O)n(CC(=O)Nc2cccc(C)c2)c(=O)c2c1nc(CO)n2CCC. The molecule has 0 saturated carbocycles. The summed E-state index contributed by atoms with van der Waals surface area (Å²) in [5, 5.41) is 12.5. The van der Waals surface area contributed by atoms with Crippen LogP contribution in [-0.4, -0.2) is 29.7 Å². The lowest BCUT2D eigenvalue weighted by atomic mass is 10.2. The first-order valence-corrected chi connectivity index (χ1v) is 10.6. The van der Waals surface area contributed by atoms with Crippen molar-refractivity contribution < 1.29 is 9.90 Å². The molecule has 31 heavy (non-hydrogen) atoms. The van der Waals surface area contributed by atoms with Crippen molar-refractivity contribution in [2.45, 2.75) is 66.3 Å². The second-order valence-corrected chi connectivity index (χ2v) is 7.61. The molecule has 9 nitrogen and oxygen atoms in total. The van der Waals surface area contributed by atoms with Gasteiger partial charge < -0.3 is 15.0 Å². The van der Waals surface area contributed by atoms with Gasteiger partial charge in [0.1, 0.15) is 19.0 Å². The van der Waals surface area contributed by atoms with Gasteiger partial charge in [0.25, 0.3) is 5.56 Å². The molecule has 0 aliphatic heterocycles. The van der Waals surface area contributed by atoms with Crippen LogP contribution >= 0.6 is 0 Å². The Bertz CT molecular complexity index is 1210. The number of aliphatic hydroxyl groups excluding tert-OH is 1. The standard InChI is InChI=1S/C22H29N5O4/c1-4-6-11-26-20-19(25(10-5-2)17(14-28)24-20)21(30)27(22(26)31)13-18(29)23-16-9-7-8-15(3)12-16/h7-9,12,28H,4-6,10-11,13-14H2,1-3H3,(H,23,29). The number of fused-ring (bicyclic) bond motifs is 1. The molecule has 0 aliphatic carbocycles. The molecular formula is C22H29N5O4. The summed E-state index contributed by atoms with van der Waals surface area (Å²) in [4.78, 5) is 43.5. The van der Waals surface area contributed by atoms with Crippen molar-refractivity contribution in [1.29, 1.82) is 0 Å². The highest BCUT2D eigenvalue weighted by Gasteiger charge is 2.22. The second-order valence-electron chi connectivity index (χ2n) is 7.61. The summed E-state index contributed by atoms with van der Waals surface area (Å²) >= 11 is 0. The van der Waals surface area contributed by atoms with Crippen molar-refractivity contribution >= 4 is 22.8 Å². The third-order valence-corrected chi connectivity index (χ3v) is 5.12. The van der Waals surface area contributed by atoms with Gasteiger partial charge in [0.15, 0.2) is 11.2 Å². The van der Waals surface area contributed by atoms with Crippen LogP contribution in [0.15, 0.2) is 33.9 Å². The predicted molar refractivity (Wildman–Crippen MR) is 119 cm³/mol. The number of hydrogen-bond donors (Lipinski definition) is 2. The Morgan fingerprint density at radius 3 is 2.52 bits per heavy atom. The molecule has 2 heterocycles. The van der Waals surface area contributed by atoms with Gasteiger partial charge in [0.05, 0.1) is 0 Å². The summed E-state index contributed by atoms with van der Waals surface area (Å²) in [7, 11) is 0. The minimum absolute atomic E-state index is 0.241. The van der Waals surface area contributed by atoms with Crippen LogP contribution in [0.4, 0.5) is 5.69 Å². The van der Waals surface area contributed by atoms with Gasteiger partial charge in [-0.1, -0.05) is 32.4 Å². The van der Waals surface area contributed by atoms with E-state index in [0.29, 0.717) is 24.6 Å². The molecule has 0 saturated heterocycles. The molecule has 166 valence electrons. The van der Waals surface area contributed by atoms with E-state index in [9.17, 15) is 19.5 Å². The number of amides is 1. The van der Waals surface area contributed by atoms with E-state index in [0.717, 1.165) is 29.4 Å². The predicted octanol–water partition coefficient (Wildman–Crippen LogP) is 2.01. The van der Waals surface area contributed by atoms with Crippen molar-refractivity contribution in [3.8, 4) is 0 Å². The Balaban J connectivity index is 2.11. The number of anilines is 1. The fourth-order valence-corrected chi connectivity index (χ4v) is 3.64. The maximum atomic E-state index is 13.3. The van der Waals surface area contributed by atoms with E-state index in [4.69, 9.17) is 0 Å². The van der Waals surface area contributed by atoms with E-state index < -0.39 is 23.7 Å². The van der Waals surface area contributed by atoms with Crippen molar-refractivity contribution in [3.05, 3.63) is 56.5 Å². The summed E-state index contributed by atoms with van der Waals surface area (Å²) in [5.74, 6) is -0.129. The van der Waals surface area contributed by atoms with E-state index in [1.165, 1.54) is 4.57 Å². The van der Waals surface area contributed by atoms with Crippen molar-refractivity contribution in [2.24, 2.45) is 0 Å². The van der Waals surface area contributed by atoms with Gasteiger partial charge in [-0.05, 0) is 37.5 Å². The minimum atomic E-state index is -0.576. The molecule has 2 aromatic heterocycles. The third-order valence-electron chi connectivity index (χ3n) is 5.12. The zero-order chi connectivity index (χ0) is 22.5. The average Bonchev–Trinajstić information content (AvgIpc) is 3.10. The van der Waals surface area contributed by atoms with E-state index in [-0.39, 0.29) is 17.8 Å². The first-order valence-electron chi connectivity index (χ1n) is 10.6. The highest BCUT2D eigenvalue weighted by Crippen LogP contribution is 2.14. The number of nitrogens with one attached hydrogen (secondary N) is 1. The molecule has 3 rings (SSSR count). The summed E-state index contributed by atoms with van der Waals surface area (Å²) in [6.45, 7) is 5.97. The van der Waals surface area contributed by atoms with Crippen LogP contribution in [0, 0.1) is 6.92 Å². The Morgan fingerprint density at radius 1 is 1.10 bits per heavy atom. The molecule has 1 aromatic carbocycles. The number of carbonyl (C=O) groups is 1. The summed E-state index contributed by atoms with van der Waals surface area (Å²) in [5.41, 5.74) is 0.937. The maximum absolute atomic E-state index is 13.3. The Kier molecular flexibility index (Phi) is 7.06. The first-order chi connectivity index (χ1) is 14.9. The lowest BCUT2D eigenvalue weighted by molar-refractivity contribution is -0.116. The van der Waals surface area contributed by atoms with Gasteiger partial charge >= 0.3 is 5.69 Å². The van der Waals surface area contributed by atoms with E-state index >= 15 is 0 Å². The summed E-state index contributed by atoms with van der Waals surface area (Å²) in [6.07, 6.45) is 2.29. The highest BCUT2D eigenvalue weighted by atomic mass is 16.3. The molecule has 0 atom stereocenters. The largest absolute Gasteiger partial charge is 0.388 e. The topological polar surface area (TPSA) is 111 Å². The minimum Gasteiger partial charge on any atom is -0.388 e. The van der Waals surface area contributed by atoms with Gasteiger partial charge in [-0.3, -0.25) is 14.2 Å². The van der Waals surface area contributed by atoms with Crippen LogP contribution in [0.25, 0.3) is 11.2 Å². The molecule has 3 aromatic rings. The van der Waals surface area contributed by atoms with Crippen LogP contribution in [-0.2, 0) is 31.0 Å². The third kappa shape index (κ3) is 4.61. The molecule has 0 unspecified atom stereocenters. The molecule has 1 amide bonds. The Morgan fingerprint density at radius 2 is 1.87 bits per heavy atom. The van der Waals surface area contributed by atoms with Crippen LogP contribution < -0.4 is 16.6 Å². The van der Waals surface area contributed by atoms with Crippen molar-refractivity contribution in [3.63, 3.8) is 0 Å². The number of rotatable bonds is 9. The molecule has 0 radical (unpaired) electrons. The zero-order valence-electron chi connectivity index (χ0n) is 18.2. The number of nitrogens with zero attached hydrogens (tertiary/aromatic N) is 4. The first kappa shape index (κ1) is 22.5. The van der Waals surface area contributed by atoms with Gasteiger partial charge in [0, 0.05) is 18.8 Å². The van der Waals surface area contributed by atoms with E-state index in [2.05, 4.69) is 10.3 Å². The normalized spacial score (nSPS) is 11.2. The van der Waals surface area contributed by atoms with Crippen molar-refractivity contribution in [1.82, 2.24) is 18.7 Å². The summed E-state index contributed by atoms with van der Waals surface area (Å²) in [6, 6.07) is 7.29. The number of aliphatic hydroxyl groups is 1. The molecule has 0 aliphatic rings. The quantitative estimate of drug-likeness (QED) is 0.543. The van der Waals surface area contributed by atoms with E-state index in [1.54, 1.807) is 10.6 Å². The number of unbranched alkanes of at least 4 members (excludes halogenated alkanes) is 1. The van der Waals surface area contributed by atoms with Gasteiger partial charge in [-0.25, -0.2) is 14.3 Å². The fraction of sp³-hybridized carbons (Fsp3) is 0.455. The lowest BCUT2D eigenvalue weighted by Crippen LogP contribution is -2.43. The molecule has 0 fully saturated rings. The number of imidazole rings is 1. The van der Waals surface area contributed by atoms with Crippen LogP contribution in [0.3, 0.4) is 0 Å². The maximum Gasteiger partial charge on any atom is 0.333 e. The smallest absolute Gasteiger partial charge is 0.333 e.